The third-order valence-electron chi connectivity index (χ3n) is 2.47. The van der Waals surface area contributed by atoms with Crippen LogP contribution in [0.5, 0.6) is 0 Å². The van der Waals surface area contributed by atoms with Crippen molar-refractivity contribution in [2.75, 3.05) is 5.32 Å². The summed E-state index contributed by atoms with van der Waals surface area (Å²) in [6.07, 6.45) is 2.29. The lowest BCUT2D eigenvalue weighted by atomic mass is 10.2. The number of urea groups is 1. The molecule has 102 valence electrons. The topological polar surface area (TPSA) is 104 Å². The molecule has 1 heterocycles. The first kappa shape index (κ1) is 13.5. The molecule has 0 aliphatic heterocycles. The van der Waals surface area contributed by atoms with Crippen molar-refractivity contribution < 1.29 is 14.7 Å². The van der Waals surface area contributed by atoms with Gasteiger partial charge in [0.05, 0.1) is 0 Å². The molecule has 0 aliphatic rings. The van der Waals surface area contributed by atoms with Gasteiger partial charge in [0.25, 0.3) is 0 Å². The zero-order chi connectivity index (χ0) is 14.4. The molecule has 2 amide bonds. The number of hydrogen-bond acceptors (Lipinski definition) is 4. The van der Waals surface area contributed by atoms with Crippen molar-refractivity contribution in [1.29, 1.82) is 0 Å². The van der Waals surface area contributed by atoms with Crippen molar-refractivity contribution in [3.63, 3.8) is 0 Å². The molecule has 1 aromatic heterocycles. The van der Waals surface area contributed by atoms with E-state index in [1.165, 1.54) is 6.33 Å². The van der Waals surface area contributed by atoms with Crippen molar-refractivity contribution in [2.45, 2.75) is 6.54 Å². The van der Waals surface area contributed by atoms with Crippen LogP contribution in [0.25, 0.3) is 0 Å². The van der Waals surface area contributed by atoms with Crippen molar-refractivity contribution >= 4 is 17.8 Å². The lowest BCUT2D eigenvalue weighted by Gasteiger charge is -2.08. The highest BCUT2D eigenvalue weighted by Crippen LogP contribution is 2.09. The Morgan fingerprint density at radius 1 is 1.20 bits per heavy atom. The van der Waals surface area contributed by atoms with Gasteiger partial charge in [-0.05, 0) is 5.56 Å². The largest absolute Gasteiger partial charge is 0.477 e. The molecule has 2 rings (SSSR count). The number of carboxylic acids is 1. The number of amides is 2. The highest BCUT2D eigenvalue weighted by Gasteiger charge is 2.13. The van der Waals surface area contributed by atoms with Crippen LogP contribution < -0.4 is 10.6 Å². The van der Waals surface area contributed by atoms with Gasteiger partial charge in [-0.1, -0.05) is 30.3 Å². The summed E-state index contributed by atoms with van der Waals surface area (Å²) in [4.78, 5) is 30.0. The van der Waals surface area contributed by atoms with E-state index in [1.54, 1.807) is 0 Å². The molecule has 0 atom stereocenters. The van der Waals surface area contributed by atoms with Gasteiger partial charge in [-0.3, -0.25) is 5.32 Å². The van der Waals surface area contributed by atoms with Crippen LogP contribution in [0.4, 0.5) is 10.6 Å². The van der Waals surface area contributed by atoms with E-state index in [4.69, 9.17) is 5.11 Å². The van der Waals surface area contributed by atoms with E-state index in [1.807, 2.05) is 30.3 Å². The first-order valence-corrected chi connectivity index (χ1v) is 5.79. The number of hydrogen-bond donors (Lipinski definition) is 3. The fraction of sp³-hybridized carbons (Fsp3) is 0.0769. The van der Waals surface area contributed by atoms with Crippen LogP contribution in [0.2, 0.25) is 0 Å². The zero-order valence-electron chi connectivity index (χ0n) is 10.4. The fourth-order valence-electron chi connectivity index (χ4n) is 1.52. The van der Waals surface area contributed by atoms with Crippen LogP contribution >= 0.6 is 0 Å². The second-order valence-electron chi connectivity index (χ2n) is 3.88. The van der Waals surface area contributed by atoms with E-state index in [-0.39, 0.29) is 11.4 Å². The Morgan fingerprint density at radius 3 is 2.65 bits per heavy atom. The van der Waals surface area contributed by atoms with Crippen LogP contribution in [0.3, 0.4) is 0 Å². The predicted molar refractivity (Wildman–Crippen MR) is 71.3 cm³/mol. The Hall–Kier alpha value is -2.96. The molecule has 7 nitrogen and oxygen atoms in total. The number of carbonyl (C=O) groups is 2. The normalized spacial score (nSPS) is 9.80. The Bertz CT molecular complexity index is 616. The summed E-state index contributed by atoms with van der Waals surface area (Å²) >= 11 is 0. The predicted octanol–water partition coefficient (Wildman–Crippen LogP) is 1.50. The summed E-state index contributed by atoms with van der Waals surface area (Å²) in [6, 6.07) is 8.81. The molecule has 7 heteroatoms. The minimum absolute atomic E-state index is 0.0435. The molecule has 0 fully saturated rings. The summed E-state index contributed by atoms with van der Waals surface area (Å²) < 4.78 is 0. The molecule has 3 N–H and O–H groups in total. The van der Waals surface area contributed by atoms with Crippen LogP contribution in [-0.2, 0) is 6.54 Å². The maximum Gasteiger partial charge on any atom is 0.341 e. The number of benzene rings is 1. The SMILES string of the molecule is O=C(NCc1ccccc1)Nc1ncncc1C(=O)O. The molecule has 0 aliphatic carbocycles. The Balaban J connectivity index is 1.97. The van der Waals surface area contributed by atoms with Crippen LogP contribution in [0, 0.1) is 0 Å². The molecule has 0 bridgehead atoms. The zero-order valence-corrected chi connectivity index (χ0v) is 10.4. The van der Waals surface area contributed by atoms with E-state index in [0.717, 1.165) is 11.8 Å². The summed E-state index contributed by atoms with van der Waals surface area (Å²) in [5.41, 5.74) is 0.770. The average Bonchev–Trinajstić information content (AvgIpc) is 2.46. The molecule has 0 saturated heterocycles. The molecule has 0 saturated carbocycles. The molecule has 20 heavy (non-hydrogen) atoms. The number of carboxylic acid groups (broad SMARTS) is 1. The van der Waals surface area contributed by atoms with Gasteiger partial charge >= 0.3 is 12.0 Å². The highest BCUT2D eigenvalue weighted by molar-refractivity contribution is 5.98. The maximum absolute atomic E-state index is 11.7. The van der Waals surface area contributed by atoms with E-state index < -0.39 is 12.0 Å². The number of rotatable bonds is 4. The summed E-state index contributed by atoms with van der Waals surface area (Å²) in [5.74, 6) is -1.25. The van der Waals surface area contributed by atoms with Gasteiger partial charge in [-0.15, -0.1) is 0 Å². The molecular weight excluding hydrogens is 260 g/mol. The first-order chi connectivity index (χ1) is 9.66. The maximum atomic E-state index is 11.7. The third kappa shape index (κ3) is 3.52. The minimum atomic E-state index is -1.20. The van der Waals surface area contributed by atoms with Gasteiger partial charge < -0.3 is 10.4 Å². The number of nitrogens with one attached hydrogen (secondary N) is 2. The van der Waals surface area contributed by atoms with Gasteiger partial charge in [0.15, 0.2) is 5.82 Å². The van der Waals surface area contributed by atoms with Crippen molar-refractivity contribution in [1.82, 2.24) is 15.3 Å². The second-order valence-corrected chi connectivity index (χ2v) is 3.88. The summed E-state index contributed by atoms with van der Waals surface area (Å²) in [6.45, 7) is 0.333. The number of carbonyl (C=O) groups excluding carboxylic acids is 1. The van der Waals surface area contributed by atoms with Gasteiger partial charge in [0, 0.05) is 12.7 Å². The third-order valence-corrected chi connectivity index (χ3v) is 2.47. The fourth-order valence-corrected chi connectivity index (χ4v) is 1.52. The second kappa shape index (κ2) is 6.28. The smallest absolute Gasteiger partial charge is 0.341 e. The van der Waals surface area contributed by atoms with Crippen LogP contribution in [0.1, 0.15) is 15.9 Å². The molecule has 0 unspecified atom stereocenters. The van der Waals surface area contributed by atoms with E-state index in [9.17, 15) is 9.59 Å². The number of nitrogens with zero attached hydrogens (tertiary/aromatic N) is 2. The Kier molecular flexibility index (Phi) is 4.23. The van der Waals surface area contributed by atoms with Crippen LogP contribution in [-0.4, -0.2) is 27.1 Å². The molecule has 1 aromatic carbocycles. The van der Waals surface area contributed by atoms with Gasteiger partial charge in [-0.2, -0.15) is 0 Å². The Morgan fingerprint density at radius 2 is 1.95 bits per heavy atom. The monoisotopic (exact) mass is 272 g/mol. The van der Waals surface area contributed by atoms with Crippen molar-refractivity contribution in [3.05, 3.63) is 54.0 Å². The van der Waals surface area contributed by atoms with E-state index in [0.29, 0.717) is 6.54 Å². The molecule has 0 spiro atoms. The Labute approximate surface area is 114 Å². The molecule has 2 aromatic rings. The standard InChI is InChI=1S/C13H12N4O3/c18-12(19)10-7-14-8-16-11(10)17-13(20)15-6-9-4-2-1-3-5-9/h1-5,7-8H,6H2,(H,18,19)(H2,14,15,16,17,20). The average molecular weight is 272 g/mol. The summed E-state index contributed by atoms with van der Waals surface area (Å²) in [7, 11) is 0. The van der Waals surface area contributed by atoms with E-state index in [2.05, 4.69) is 20.6 Å². The van der Waals surface area contributed by atoms with Crippen LogP contribution in [0.15, 0.2) is 42.9 Å². The van der Waals surface area contributed by atoms with Gasteiger partial charge in [0.2, 0.25) is 0 Å². The number of aromatic nitrogens is 2. The highest BCUT2D eigenvalue weighted by atomic mass is 16.4. The quantitative estimate of drug-likeness (QED) is 0.782. The summed E-state index contributed by atoms with van der Waals surface area (Å²) in [5, 5.41) is 13.9. The van der Waals surface area contributed by atoms with Crippen molar-refractivity contribution in [3.8, 4) is 0 Å². The lowest BCUT2D eigenvalue weighted by molar-refractivity contribution is 0.0697. The minimum Gasteiger partial charge on any atom is -0.477 e. The number of aromatic carboxylic acids is 1. The van der Waals surface area contributed by atoms with Gasteiger partial charge in [-0.25, -0.2) is 19.6 Å². The van der Waals surface area contributed by atoms with Gasteiger partial charge in [0.1, 0.15) is 11.9 Å². The lowest BCUT2D eigenvalue weighted by Crippen LogP contribution is -2.29. The van der Waals surface area contributed by atoms with Crippen molar-refractivity contribution in [2.24, 2.45) is 0 Å². The molecule has 0 radical (unpaired) electrons. The first-order valence-electron chi connectivity index (χ1n) is 5.79. The van der Waals surface area contributed by atoms with E-state index >= 15 is 0 Å². The molecular formula is C13H12N4O3. The number of anilines is 1.